The highest BCUT2D eigenvalue weighted by Gasteiger charge is 2.52. The van der Waals surface area contributed by atoms with E-state index in [9.17, 15) is 9.90 Å². The van der Waals surface area contributed by atoms with E-state index in [-0.39, 0.29) is 5.41 Å². The van der Waals surface area contributed by atoms with Gasteiger partial charge in [-0.3, -0.25) is 10.1 Å². The van der Waals surface area contributed by atoms with Gasteiger partial charge in [0.2, 0.25) is 0 Å². The molecule has 15 heavy (non-hydrogen) atoms. The second-order valence-electron chi connectivity index (χ2n) is 5.39. The number of hydrogen-bond donors (Lipinski definition) is 2. The molecule has 0 spiro atoms. The van der Waals surface area contributed by atoms with Crippen LogP contribution in [0.4, 0.5) is 0 Å². The maximum Gasteiger partial charge on any atom is 0.324 e. The lowest BCUT2D eigenvalue weighted by atomic mass is 9.89. The van der Waals surface area contributed by atoms with Crippen LogP contribution in [0.1, 0.15) is 33.1 Å². The van der Waals surface area contributed by atoms with Crippen molar-refractivity contribution >= 4 is 5.97 Å². The summed E-state index contributed by atoms with van der Waals surface area (Å²) in [6.07, 6.45) is 2.23. The molecule has 1 saturated heterocycles. The molecule has 2 aliphatic rings. The van der Waals surface area contributed by atoms with E-state index < -0.39 is 11.5 Å². The summed E-state index contributed by atoms with van der Waals surface area (Å²) in [4.78, 5) is 11.3. The Morgan fingerprint density at radius 1 is 1.40 bits per heavy atom. The highest BCUT2D eigenvalue weighted by molar-refractivity contribution is 5.79. The average Bonchev–Trinajstić information content (AvgIpc) is 2.74. The van der Waals surface area contributed by atoms with Gasteiger partial charge in [0.25, 0.3) is 0 Å². The van der Waals surface area contributed by atoms with E-state index in [4.69, 9.17) is 4.74 Å². The second kappa shape index (κ2) is 3.46. The first-order valence-corrected chi connectivity index (χ1v) is 5.55. The molecule has 2 rings (SSSR count). The predicted octanol–water partition coefficient (Wildman–Crippen LogP) is 1.01. The zero-order chi connectivity index (χ0) is 11.1. The largest absolute Gasteiger partial charge is 0.480 e. The van der Waals surface area contributed by atoms with Crippen LogP contribution in [-0.4, -0.2) is 35.9 Å². The summed E-state index contributed by atoms with van der Waals surface area (Å²) in [6.45, 7) is 5.43. The Labute approximate surface area is 90.0 Å². The molecular formula is C11H19NO3. The van der Waals surface area contributed by atoms with E-state index in [1.807, 2.05) is 0 Å². The van der Waals surface area contributed by atoms with Gasteiger partial charge in [-0.15, -0.1) is 0 Å². The van der Waals surface area contributed by atoms with Crippen LogP contribution < -0.4 is 5.32 Å². The number of nitrogens with one attached hydrogen (secondary N) is 1. The van der Waals surface area contributed by atoms with Gasteiger partial charge >= 0.3 is 5.97 Å². The summed E-state index contributed by atoms with van der Waals surface area (Å²) < 4.78 is 5.23. The summed E-state index contributed by atoms with van der Waals surface area (Å²) >= 11 is 0. The Kier molecular flexibility index (Phi) is 2.51. The fourth-order valence-electron chi connectivity index (χ4n) is 2.19. The van der Waals surface area contributed by atoms with E-state index in [2.05, 4.69) is 19.2 Å². The number of carbonyl (C=O) groups is 1. The van der Waals surface area contributed by atoms with E-state index in [1.54, 1.807) is 0 Å². The van der Waals surface area contributed by atoms with Crippen molar-refractivity contribution in [2.75, 3.05) is 13.2 Å². The summed E-state index contributed by atoms with van der Waals surface area (Å²) in [6, 6.07) is 0.353. The highest BCUT2D eigenvalue weighted by atomic mass is 16.5. The molecule has 4 nitrogen and oxygen atoms in total. The lowest BCUT2D eigenvalue weighted by molar-refractivity contribution is -0.149. The van der Waals surface area contributed by atoms with E-state index in [1.165, 1.54) is 0 Å². The quantitative estimate of drug-likeness (QED) is 0.734. The Balaban J connectivity index is 2.03. The van der Waals surface area contributed by atoms with Crippen LogP contribution >= 0.6 is 0 Å². The molecule has 4 heteroatoms. The number of rotatable bonds is 3. The fourth-order valence-corrected chi connectivity index (χ4v) is 2.19. The lowest BCUT2D eigenvalue weighted by Gasteiger charge is -2.34. The number of carboxylic acid groups (broad SMARTS) is 1. The molecule has 2 N–H and O–H groups in total. The SMILES string of the molecule is CC1(C)CC1NC1(C(=O)O)CCOCC1. The Hall–Kier alpha value is -0.610. The van der Waals surface area contributed by atoms with E-state index >= 15 is 0 Å². The van der Waals surface area contributed by atoms with Crippen LogP contribution in [0.2, 0.25) is 0 Å². The first kappa shape index (κ1) is 10.9. The molecule has 0 amide bonds. The maximum atomic E-state index is 11.3. The first-order valence-electron chi connectivity index (χ1n) is 5.55. The number of ether oxygens (including phenoxy) is 1. The summed E-state index contributed by atoms with van der Waals surface area (Å²) in [7, 11) is 0. The van der Waals surface area contributed by atoms with Gasteiger partial charge in [-0.2, -0.15) is 0 Å². The zero-order valence-electron chi connectivity index (χ0n) is 9.38. The Morgan fingerprint density at radius 2 is 1.93 bits per heavy atom. The van der Waals surface area contributed by atoms with Gasteiger partial charge in [-0.25, -0.2) is 0 Å². The molecule has 1 saturated carbocycles. The van der Waals surface area contributed by atoms with Gasteiger partial charge in [0.15, 0.2) is 0 Å². The van der Waals surface area contributed by atoms with Gasteiger partial charge < -0.3 is 9.84 Å². The third-order valence-electron chi connectivity index (χ3n) is 3.72. The summed E-state index contributed by atoms with van der Waals surface area (Å²) in [5.41, 5.74) is -0.475. The molecule has 1 aliphatic carbocycles. The molecule has 0 radical (unpaired) electrons. The van der Waals surface area contributed by atoms with Crippen LogP contribution in [-0.2, 0) is 9.53 Å². The minimum absolute atomic E-state index is 0.265. The van der Waals surface area contributed by atoms with Gasteiger partial charge in [-0.05, 0) is 24.7 Å². The minimum atomic E-state index is -0.739. The van der Waals surface area contributed by atoms with Crippen LogP contribution in [0.15, 0.2) is 0 Å². The van der Waals surface area contributed by atoms with Crippen molar-refractivity contribution in [2.45, 2.75) is 44.7 Å². The monoisotopic (exact) mass is 213 g/mol. The van der Waals surface area contributed by atoms with E-state index in [0.717, 1.165) is 6.42 Å². The van der Waals surface area contributed by atoms with Crippen molar-refractivity contribution < 1.29 is 14.6 Å². The molecule has 86 valence electrons. The second-order valence-corrected chi connectivity index (χ2v) is 5.39. The normalized spacial score (nSPS) is 32.3. The van der Waals surface area contributed by atoms with Gasteiger partial charge in [0.05, 0.1) is 0 Å². The molecule has 1 atom stereocenters. The van der Waals surface area contributed by atoms with Crippen molar-refractivity contribution in [3.63, 3.8) is 0 Å². The van der Waals surface area contributed by atoms with E-state index in [0.29, 0.717) is 32.1 Å². The Bertz CT molecular complexity index is 269. The van der Waals surface area contributed by atoms with Gasteiger partial charge in [0, 0.05) is 19.3 Å². The number of hydrogen-bond acceptors (Lipinski definition) is 3. The lowest BCUT2D eigenvalue weighted by Crippen LogP contribution is -2.56. The number of carboxylic acids is 1. The predicted molar refractivity (Wildman–Crippen MR) is 55.7 cm³/mol. The van der Waals surface area contributed by atoms with Crippen molar-refractivity contribution in [2.24, 2.45) is 5.41 Å². The molecule has 1 heterocycles. The van der Waals surface area contributed by atoms with Crippen molar-refractivity contribution in [3.05, 3.63) is 0 Å². The molecule has 1 aliphatic heterocycles. The van der Waals surface area contributed by atoms with Crippen molar-refractivity contribution in [1.82, 2.24) is 5.32 Å². The topological polar surface area (TPSA) is 58.6 Å². The summed E-state index contributed by atoms with van der Waals surface area (Å²) in [5, 5.41) is 12.6. The highest BCUT2D eigenvalue weighted by Crippen LogP contribution is 2.46. The van der Waals surface area contributed by atoms with Gasteiger partial charge in [-0.1, -0.05) is 13.8 Å². The third kappa shape index (κ3) is 2.01. The van der Waals surface area contributed by atoms with Crippen LogP contribution in [0.3, 0.4) is 0 Å². The minimum Gasteiger partial charge on any atom is -0.480 e. The third-order valence-corrected chi connectivity index (χ3v) is 3.72. The maximum absolute atomic E-state index is 11.3. The van der Waals surface area contributed by atoms with Crippen LogP contribution in [0, 0.1) is 5.41 Å². The fraction of sp³-hybridized carbons (Fsp3) is 0.909. The van der Waals surface area contributed by atoms with Crippen molar-refractivity contribution in [1.29, 1.82) is 0 Å². The average molecular weight is 213 g/mol. The smallest absolute Gasteiger partial charge is 0.324 e. The van der Waals surface area contributed by atoms with Crippen molar-refractivity contribution in [3.8, 4) is 0 Å². The molecule has 2 fully saturated rings. The molecule has 1 unspecified atom stereocenters. The Morgan fingerprint density at radius 3 is 2.33 bits per heavy atom. The first-order chi connectivity index (χ1) is 6.96. The summed E-state index contributed by atoms with van der Waals surface area (Å²) in [5.74, 6) is -0.728. The zero-order valence-corrected chi connectivity index (χ0v) is 9.38. The molecular weight excluding hydrogens is 194 g/mol. The van der Waals surface area contributed by atoms with Gasteiger partial charge in [0.1, 0.15) is 5.54 Å². The number of aliphatic carboxylic acids is 1. The molecule has 0 aromatic carbocycles. The molecule has 0 aromatic heterocycles. The molecule has 0 bridgehead atoms. The molecule has 0 aromatic rings. The van der Waals surface area contributed by atoms with Crippen LogP contribution in [0.25, 0.3) is 0 Å². The standard InChI is InChI=1S/C11H19NO3/c1-10(2)7-8(10)12-11(9(13)14)3-5-15-6-4-11/h8,12H,3-7H2,1-2H3,(H,13,14). The van der Waals surface area contributed by atoms with Crippen LogP contribution in [0.5, 0.6) is 0 Å².